The second kappa shape index (κ2) is 6.79. The van der Waals surface area contributed by atoms with Gasteiger partial charge < -0.3 is 5.11 Å². The van der Waals surface area contributed by atoms with Crippen LogP contribution in [0.1, 0.15) is 33.1 Å². The van der Waals surface area contributed by atoms with Crippen LogP contribution in [0.2, 0.25) is 0 Å². The van der Waals surface area contributed by atoms with Crippen molar-refractivity contribution in [2.45, 2.75) is 33.1 Å². The summed E-state index contributed by atoms with van der Waals surface area (Å²) in [6.07, 6.45) is 2.75. The molecular weight excluding hydrogens is 218 g/mol. The molecule has 0 saturated heterocycles. The van der Waals surface area contributed by atoms with Crippen molar-refractivity contribution in [2.24, 2.45) is 5.92 Å². The number of aliphatic carboxylic acids is 1. The summed E-state index contributed by atoms with van der Waals surface area (Å²) in [4.78, 5) is 10.2. The van der Waals surface area contributed by atoms with E-state index in [1.54, 1.807) is 0 Å². The van der Waals surface area contributed by atoms with Crippen molar-refractivity contribution in [1.82, 2.24) is 4.72 Å². The summed E-state index contributed by atoms with van der Waals surface area (Å²) in [5.41, 5.74) is 0. The van der Waals surface area contributed by atoms with Crippen LogP contribution in [0.15, 0.2) is 0 Å². The zero-order chi connectivity index (χ0) is 11.9. The van der Waals surface area contributed by atoms with Crippen LogP contribution >= 0.6 is 0 Å². The van der Waals surface area contributed by atoms with Crippen LogP contribution in [0, 0.1) is 5.92 Å². The van der Waals surface area contributed by atoms with E-state index in [1.807, 2.05) is 0 Å². The van der Waals surface area contributed by atoms with E-state index in [0.29, 0.717) is 12.5 Å². The predicted molar refractivity (Wildman–Crippen MR) is 58.1 cm³/mol. The molecule has 15 heavy (non-hydrogen) atoms. The highest BCUT2D eigenvalue weighted by Crippen LogP contribution is 2.05. The Bertz CT molecular complexity index is 284. The molecule has 0 bridgehead atoms. The Morgan fingerprint density at radius 3 is 2.40 bits per heavy atom. The van der Waals surface area contributed by atoms with Gasteiger partial charge in [-0.25, -0.2) is 13.1 Å². The summed E-state index contributed by atoms with van der Waals surface area (Å²) in [7, 11) is -3.63. The van der Waals surface area contributed by atoms with Crippen molar-refractivity contribution in [1.29, 1.82) is 0 Å². The van der Waals surface area contributed by atoms with Gasteiger partial charge >= 0.3 is 5.97 Å². The largest absolute Gasteiger partial charge is 0.480 e. The lowest BCUT2D eigenvalue weighted by Gasteiger charge is -2.05. The molecular formula is C9H19NO4S. The normalized spacial score (nSPS) is 11.9. The van der Waals surface area contributed by atoms with Gasteiger partial charge in [-0.2, -0.15) is 0 Å². The molecule has 0 saturated carbocycles. The fourth-order valence-electron chi connectivity index (χ4n) is 1.12. The summed E-state index contributed by atoms with van der Waals surface area (Å²) < 4.78 is 24.3. The lowest BCUT2D eigenvalue weighted by Crippen LogP contribution is -2.30. The first-order valence-electron chi connectivity index (χ1n) is 5.02. The number of hydrogen-bond acceptors (Lipinski definition) is 3. The predicted octanol–water partition coefficient (Wildman–Crippen LogP) is 0.817. The molecule has 0 unspecified atom stereocenters. The molecule has 0 aliphatic carbocycles. The highest BCUT2D eigenvalue weighted by atomic mass is 32.2. The number of nitrogens with one attached hydrogen (secondary N) is 1. The van der Waals surface area contributed by atoms with Crippen molar-refractivity contribution < 1.29 is 18.3 Å². The van der Waals surface area contributed by atoms with Crippen LogP contribution in [-0.2, 0) is 14.8 Å². The second-order valence-electron chi connectivity index (χ2n) is 3.94. The molecule has 0 aromatic heterocycles. The first kappa shape index (κ1) is 14.4. The summed E-state index contributed by atoms with van der Waals surface area (Å²) in [6, 6.07) is 0. The average molecular weight is 237 g/mol. The Morgan fingerprint density at radius 1 is 1.33 bits per heavy atom. The van der Waals surface area contributed by atoms with Crippen LogP contribution < -0.4 is 4.72 Å². The van der Waals surface area contributed by atoms with Crippen LogP contribution in [0.4, 0.5) is 0 Å². The molecule has 0 spiro atoms. The molecule has 0 heterocycles. The highest BCUT2D eigenvalue weighted by Gasteiger charge is 2.13. The molecule has 90 valence electrons. The van der Waals surface area contributed by atoms with Gasteiger partial charge in [0.1, 0.15) is 0 Å². The van der Waals surface area contributed by atoms with Crippen molar-refractivity contribution in [3.63, 3.8) is 0 Å². The minimum atomic E-state index is -3.63. The third kappa shape index (κ3) is 9.68. The Balaban J connectivity index is 3.63. The molecule has 0 aromatic carbocycles. The maximum absolute atomic E-state index is 11.0. The molecule has 6 heteroatoms. The van der Waals surface area contributed by atoms with E-state index in [2.05, 4.69) is 18.6 Å². The van der Waals surface area contributed by atoms with E-state index < -0.39 is 21.7 Å². The van der Waals surface area contributed by atoms with Crippen molar-refractivity contribution in [2.75, 3.05) is 12.3 Å². The molecule has 0 atom stereocenters. The zero-order valence-electron chi connectivity index (χ0n) is 9.19. The summed E-state index contributed by atoms with van der Waals surface area (Å²) in [5, 5.41) is 8.31. The average Bonchev–Trinajstić information content (AvgIpc) is 1.99. The monoisotopic (exact) mass is 237 g/mol. The smallest absolute Gasteiger partial charge is 0.320 e. The van der Waals surface area contributed by atoms with E-state index in [0.717, 1.165) is 19.3 Å². The van der Waals surface area contributed by atoms with Gasteiger partial charge in [0, 0.05) is 6.54 Å². The maximum atomic E-state index is 11.0. The standard InChI is InChI=1S/C9H19NO4S/c1-8(2)5-3-4-6-10-15(13,14)7-9(11)12/h8,10H,3-7H2,1-2H3,(H,11,12). The summed E-state index contributed by atoms with van der Waals surface area (Å²) >= 11 is 0. The number of unbranched alkanes of at least 4 members (excludes halogenated alkanes) is 1. The maximum Gasteiger partial charge on any atom is 0.320 e. The van der Waals surface area contributed by atoms with Gasteiger partial charge in [0.2, 0.25) is 10.0 Å². The van der Waals surface area contributed by atoms with E-state index in [-0.39, 0.29) is 0 Å². The lowest BCUT2D eigenvalue weighted by molar-refractivity contribution is -0.134. The van der Waals surface area contributed by atoms with Gasteiger partial charge in [-0.05, 0) is 12.3 Å². The van der Waals surface area contributed by atoms with E-state index in [4.69, 9.17) is 5.11 Å². The Morgan fingerprint density at radius 2 is 1.93 bits per heavy atom. The van der Waals surface area contributed by atoms with Gasteiger partial charge in [0.15, 0.2) is 5.75 Å². The molecule has 0 aliphatic heterocycles. The molecule has 0 amide bonds. The quantitative estimate of drug-likeness (QED) is 0.612. The van der Waals surface area contributed by atoms with Crippen molar-refractivity contribution in [3.8, 4) is 0 Å². The number of carboxylic acids is 1. The number of rotatable bonds is 8. The van der Waals surface area contributed by atoms with E-state index >= 15 is 0 Å². The summed E-state index contributed by atoms with van der Waals surface area (Å²) in [6.45, 7) is 4.53. The Labute approximate surface area is 90.9 Å². The molecule has 0 fully saturated rings. The zero-order valence-corrected chi connectivity index (χ0v) is 10.0. The molecule has 0 rings (SSSR count). The molecule has 0 radical (unpaired) electrons. The van der Waals surface area contributed by atoms with Gasteiger partial charge in [-0.1, -0.05) is 26.7 Å². The third-order valence-corrected chi connectivity index (χ3v) is 3.11. The fraction of sp³-hybridized carbons (Fsp3) is 0.889. The first-order valence-corrected chi connectivity index (χ1v) is 6.68. The van der Waals surface area contributed by atoms with Crippen LogP contribution in [0.3, 0.4) is 0 Å². The van der Waals surface area contributed by atoms with Crippen LogP contribution in [0.5, 0.6) is 0 Å². The van der Waals surface area contributed by atoms with Gasteiger partial charge in [0.05, 0.1) is 0 Å². The molecule has 5 nitrogen and oxygen atoms in total. The molecule has 0 aromatic rings. The lowest BCUT2D eigenvalue weighted by atomic mass is 10.1. The van der Waals surface area contributed by atoms with Crippen molar-refractivity contribution in [3.05, 3.63) is 0 Å². The van der Waals surface area contributed by atoms with Gasteiger partial charge in [-0.3, -0.25) is 4.79 Å². The van der Waals surface area contributed by atoms with Crippen molar-refractivity contribution >= 4 is 16.0 Å². The van der Waals surface area contributed by atoms with E-state index in [1.165, 1.54) is 0 Å². The third-order valence-electron chi connectivity index (χ3n) is 1.84. The van der Waals surface area contributed by atoms with Gasteiger partial charge in [0.25, 0.3) is 0 Å². The second-order valence-corrected chi connectivity index (χ2v) is 5.74. The topological polar surface area (TPSA) is 83.5 Å². The van der Waals surface area contributed by atoms with E-state index in [9.17, 15) is 13.2 Å². The Kier molecular flexibility index (Phi) is 6.51. The number of carbonyl (C=O) groups is 1. The van der Waals surface area contributed by atoms with Crippen LogP contribution in [-0.4, -0.2) is 31.8 Å². The first-order chi connectivity index (χ1) is 6.83. The minimum absolute atomic E-state index is 0.322. The fourth-order valence-corrected chi connectivity index (χ4v) is 2.00. The number of sulfonamides is 1. The number of hydrogen-bond donors (Lipinski definition) is 2. The van der Waals surface area contributed by atoms with Crippen LogP contribution in [0.25, 0.3) is 0 Å². The highest BCUT2D eigenvalue weighted by molar-refractivity contribution is 7.90. The van der Waals surface area contributed by atoms with Gasteiger partial charge in [-0.15, -0.1) is 0 Å². The molecule has 2 N–H and O–H groups in total. The molecule has 0 aliphatic rings. The SMILES string of the molecule is CC(C)CCCCNS(=O)(=O)CC(=O)O. The summed E-state index contributed by atoms with van der Waals surface area (Å²) in [5.74, 6) is -1.57. The Hall–Kier alpha value is -0.620. The number of carboxylic acid groups (broad SMARTS) is 1. The minimum Gasteiger partial charge on any atom is -0.480 e.